The second-order valence-corrected chi connectivity index (χ2v) is 11.3. The first kappa shape index (κ1) is 24.2. The van der Waals surface area contributed by atoms with E-state index in [-0.39, 0.29) is 16.9 Å². The Morgan fingerprint density at radius 1 is 1.08 bits per heavy atom. The second-order valence-electron chi connectivity index (χ2n) is 10.5. The highest BCUT2D eigenvalue weighted by Crippen LogP contribution is 2.55. The molecule has 4 aliphatic rings. The first-order valence-electron chi connectivity index (χ1n) is 12.7. The number of rotatable bonds is 9. The van der Waals surface area contributed by atoms with Crippen molar-refractivity contribution < 1.29 is 18.4 Å². The fraction of sp³-hybridized carbons (Fsp3) is 0.577. The predicted octanol–water partition coefficient (Wildman–Crippen LogP) is 6.96. The van der Waals surface area contributed by atoms with E-state index in [4.69, 9.17) is 37.2 Å². The zero-order valence-electron chi connectivity index (χ0n) is 20.2. The standard InChI is InChI=1S/C26H29Cl2FN4O3/c1-2-33-24(20(29)13-31-33)34-15-25-5-8-26(9-6-25,10-7-25)35-14-17-22(32-36-23(17)16-3-4-16)21-18(27)11-30-12-19(21)28/h11-13,16H,2-10,14-15H2,1H3. The Kier molecular flexibility index (Phi) is 6.25. The summed E-state index contributed by atoms with van der Waals surface area (Å²) in [6.07, 6.45) is 12.3. The molecular weight excluding hydrogens is 506 g/mol. The van der Waals surface area contributed by atoms with Crippen LogP contribution in [0.25, 0.3) is 11.3 Å². The van der Waals surface area contributed by atoms with E-state index in [1.165, 1.54) is 6.20 Å². The molecule has 3 aromatic heterocycles. The second kappa shape index (κ2) is 9.30. The lowest BCUT2D eigenvalue weighted by Gasteiger charge is -2.52. The first-order chi connectivity index (χ1) is 17.4. The van der Waals surface area contributed by atoms with Crippen LogP contribution in [0.4, 0.5) is 4.39 Å². The van der Waals surface area contributed by atoms with E-state index in [0.717, 1.165) is 62.7 Å². The molecule has 10 heteroatoms. The molecule has 0 aliphatic heterocycles. The van der Waals surface area contributed by atoms with E-state index in [2.05, 4.69) is 15.2 Å². The molecule has 3 aromatic rings. The average Bonchev–Trinajstić information content (AvgIpc) is 3.55. The normalized spacial score (nSPS) is 25.4. The summed E-state index contributed by atoms with van der Waals surface area (Å²) < 4.78 is 34.2. The molecule has 4 fully saturated rings. The molecule has 0 spiro atoms. The third kappa shape index (κ3) is 4.31. The van der Waals surface area contributed by atoms with Crippen molar-refractivity contribution in [3.05, 3.63) is 45.8 Å². The Hall–Kier alpha value is -2.16. The molecule has 36 heavy (non-hydrogen) atoms. The van der Waals surface area contributed by atoms with Crippen LogP contribution in [0.3, 0.4) is 0 Å². The highest BCUT2D eigenvalue weighted by Gasteiger charge is 2.50. The summed E-state index contributed by atoms with van der Waals surface area (Å²) >= 11 is 12.9. The van der Waals surface area contributed by atoms with Crippen LogP contribution < -0.4 is 4.74 Å². The topological polar surface area (TPSA) is 75.2 Å². The van der Waals surface area contributed by atoms with E-state index in [0.29, 0.717) is 47.0 Å². The number of aryl methyl sites for hydroxylation is 1. The van der Waals surface area contributed by atoms with Gasteiger partial charge in [0, 0.05) is 41.4 Å². The van der Waals surface area contributed by atoms with Crippen molar-refractivity contribution in [1.29, 1.82) is 0 Å². The van der Waals surface area contributed by atoms with Crippen LogP contribution in [0.5, 0.6) is 5.88 Å². The summed E-state index contributed by atoms with van der Waals surface area (Å²) in [5.74, 6) is 1.10. The van der Waals surface area contributed by atoms with Gasteiger partial charge in [0.2, 0.25) is 11.7 Å². The Morgan fingerprint density at radius 3 is 2.42 bits per heavy atom. The van der Waals surface area contributed by atoms with Gasteiger partial charge in [0.05, 0.1) is 35.1 Å². The third-order valence-electron chi connectivity index (χ3n) is 8.28. The number of nitrogens with zero attached hydrogens (tertiary/aromatic N) is 4. The van der Waals surface area contributed by atoms with Crippen molar-refractivity contribution in [2.45, 2.75) is 83.0 Å². The number of halogens is 3. The Labute approximate surface area is 219 Å². The SMILES string of the molecule is CCn1ncc(F)c1OCC12CCC(OCc3c(-c4c(Cl)cncc4Cl)noc3C3CC3)(CC1)CC2. The number of hydrogen-bond acceptors (Lipinski definition) is 6. The Balaban J connectivity index is 1.16. The molecule has 0 unspecified atom stereocenters. The van der Waals surface area contributed by atoms with E-state index >= 15 is 0 Å². The minimum absolute atomic E-state index is 0.0556. The van der Waals surface area contributed by atoms with Crippen molar-refractivity contribution in [2.75, 3.05) is 6.61 Å². The molecule has 192 valence electrons. The maximum Gasteiger partial charge on any atom is 0.248 e. The maximum absolute atomic E-state index is 14.1. The summed E-state index contributed by atoms with van der Waals surface area (Å²) in [6.45, 7) is 3.42. The van der Waals surface area contributed by atoms with Gasteiger partial charge in [-0.05, 0) is 58.3 Å². The van der Waals surface area contributed by atoms with Gasteiger partial charge >= 0.3 is 0 Å². The van der Waals surface area contributed by atoms with Crippen LogP contribution in [0, 0.1) is 11.2 Å². The van der Waals surface area contributed by atoms with Gasteiger partial charge < -0.3 is 14.0 Å². The molecule has 2 bridgehead atoms. The molecule has 0 aromatic carbocycles. The van der Waals surface area contributed by atoms with E-state index in [1.807, 2.05) is 6.92 Å². The number of fused-ring (bicyclic) bond motifs is 3. The molecule has 3 heterocycles. The summed E-state index contributed by atoms with van der Waals surface area (Å²) in [7, 11) is 0. The van der Waals surface area contributed by atoms with E-state index in [1.54, 1.807) is 17.1 Å². The van der Waals surface area contributed by atoms with Crippen molar-refractivity contribution in [1.82, 2.24) is 19.9 Å². The van der Waals surface area contributed by atoms with Crippen LogP contribution in [-0.4, -0.2) is 32.1 Å². The minimum Gasteiger partial charge on any atom is -0.475 e. The number of pyridine rings is 1. The van der Waals surface area contributed by atoms with Crippen LogP contribution in [0.2, 0.25) is 10.0 Å². The molecule has 0 atom stereocenters. The van der Waals surface area contributed by atoms with Gasteiger partial charge in [-0.1, -0.05) is 28.4 Å². The monoisotopic (exact) mass is 534 g/mol. The third-order valence-corrected chi connectivity index (χ3v) is 8.85. The van der Waals surface area contributed by atoms with Crippen molar-refractivity contribution in [3.63, 3.8) is 0 Å². The molecule has 7 nitrogen and oxygen atoms in total. The summed E-state index contributed by atoms with van der Waals surface area (Å²) in [5.41, 5.74) is 2.10. The van der Waals surface area contributed by atoms with Crippen LogP contribution in [0.1, 0.15) is 75.5 Å². The maximum atomic E-state index is 14.1. The van der Waals surface area contributed by atoms with Crippen molar-refractivity contribution in [3.8, 4) is 17.1 Å². The number of ether oxygens (including phenoxy) is 2. The molecular formula is C26H29Cl2FN4O3. The quantitative estimate of drug-likeness (QED) is 0.295. The van der Waals surface area contributed by atoms with Gasteiger partial charge in [-0.25, -0.2) is 4.68 Å². The van der Waals surface area contributed by atoms with Gasteiger partial charge in [0.1, 0.15) is 11.5 Å². The minimum atomic E-state index is -0.400. The molecule has 0 saturated heterocycles. The highest BCUT2D eigenvalue weighted by atomic mass is 35.5. The summed E-state index contributed by atoms with van der Waals surface area (Å²) in [5, 5.41) is 9.30. The van der Waals surface area contributed by atoms with E-state index < -0.39 is 5.82 Å². The molecule has 0 radical (unpaired) electrons. The van der Waals surface area contributed by atoms with Gasteiger partial charge in [0.25, 0.3) is 0 Å². The number of hydrogen-bond donors (Lipinski definition) is 0. The highest BCUT2D eigenvalue weighted by molar-refractivity contribution is 6.38. The van der Waals surface area contributed by atoms with Gasteiger partial charge in [-0.3, -0.25) is 4.98 Å². The van der Waals surface area contributed by atoms with Gasteiger partial charge in [0.15, 0.2) is 0 Å². The smallest absolute Gasteiger partial charge is 0.248 e. The fourth-order valence-electron chi connectivity index (χ4n) is 5.79. The molecule has 0 amide bonds. The predicted molar refractivity (Wildman–Crippen MR) is 133 cm³/mol. The lowest BCUT2D eigenvalue weighted by atomic mass is 9.59. The van der Waals surface area contributed by atoms with Crippen LogP contribution >= 0.6 is 23.2 Å². The van der Waals surface area contributed by atoms with Gasteiger partial charge in [-0.2, -0.15) is 9.49 Å². The lowest BCUT2D eigenvalue weighted by molar-refractivity contribution is -0.150. The first-order valence-corrected chi connectivity index (χ1v) is 13.4. The molecule has 7 rings (SSSR count). The zero-order valence-corrected chi connectivity index (χ0v) is 21.7. The van der Waals surface area contributed by atoms with Crippen LogP contribution in [0.15, 0.2) is 23.1 Å². The summed E-state index contributed by atoms with van der Waals surface area (Å²) in [4.78, 5) is 4.07. The van der Waals surface area contributed by atoms with Crippen molar-refractivity contribution >= 4 is 23.2 Å². The lowest BCUT2D eigenvalue weighted by Crippen LogP contribution is -2.49. The van der Waals surface area contributed by atoms with Crippen LogP contribution in [-0.2, 0) is 17.9 Å². The van der Waals surface area contributed by atoms with Crippen molar-refractivity contribution in [2.24, 2.45) is 5.41 Å². The Bertz CT molecular complexity index is 1230. The van der Waals surface area contributed by atoms with Gasteiger partial charge in [-0.15, -0.1) is 0 Å². The molecule has 4 saturated carbocycles. The van der Waals surface area contributed by atoms with E-state index in [9.17, 15) is 4.39 Å². The molecule has 0 N–H and O–H groups in total. The number of aromatic nitrogens is 4. The Morgan fingerprint density at radius 2 is 1.78 bits per heavy atom. The molecule has 4 aliphatic carbocycles. The average molecular weight is 535 g/mol. The fourth-order valence-corrected chi connectivity index (χ4v) is 6.33. The zero-order chi connectivity index (χ0) is 24.9. The largest absolute Gasteiger partial charge is 0.475 e. The summed E-state index contributed by atoms with van der Waals surface area (Å²) in [6, 6.07) is 0.